The van der Waals surface area contributed by atoms with Crippen molar-refractivity contribution >= 4 is 40.1 Å². The number of hydrogen-bond acceptors (Lipinski definition) is 2. The highest BCUT2D eigenvalue weighted by Gasteiger charge is 2.27. The van der Waals surface area contributed by atoms with E-state index in [9.17, 15) is 9.59 Å². The van der Waals surface area contributed by atoms with E-state index < -0.39 is 0 Å². The Morgan fingerprint density at radius 1 is 0.926 bits per heavy atom. The summed E-state index contributed by atoms with van der Waals surface area (Å²) in [7, 11) is 0. The molecular weight excluding hydrogens is 340 g/mol. The fourth-order valence-corrected chi connectivity index (χ4v) is 3.13. The van der Waals surface area contributed by atoms with Crippen LogP contribution in [0.3, 0.4) is 0 Å². The SMILES string of the molecule is CC(=C1C(=O)Nc2ccc(NC(=O)Nc3ccccc3)cc21)c1ccc[nH]1. The number of H-pyrrole nitrogens is 1. The zero-order valence-corrected chi connectivity index (χ0v) is 14.7. The van der Waals surface area contributed by atoms with Gasteiger partial charge >= 0.3 is 6.03 Å². The van der Waals surface area contributed by atoms with E-state index in [0.29, 0.717) is 16.9 Å². The Morgan fingerprint density at radius 3 is 2.44 bits per heavy atom. The quantitative estimate of drug-likeness (QED) is 0.518. The van der Waals surface area contributed by atoms with Gasteiger partial charge in [-0.15, -0.1) is 0 Å². The van der Waals surface area contributed by atoms with E-state index in [0.717, 1.165) is 22.5 Å². The summed E-state index contributed by atoms with van der Waals surface area (Å²) in [4.78, 5) is 27.8. The fourth-order valence-electron chi connectivity index (χ4n) is 3.13. The molecular formula is C21H18N4O2. The van der Waals surface area contributed by atoms with Gasteiger partial charge in [-0.25, -0.2) is 4.79 Å². The lowest BCUT2D eigenvalue weighted by Gasteiger charge is -2.09. The number of para-hydroxylation sites is 1. The number of allylic oxidation sites excluding steroid dienone is 1. The van der Waals surface area contributed by atoms with E-state index in [1.165, 1.54) is 0 Å². The van der Waals surface area contributed by atoms with Gasteiger partial charge in [-0.2, -0.15) is 0 Å². The lowest BCUT2D eigenvalue weighted by molar-refractivity contribution is -0.110. The number of carbonyl (C=O) groups excluding carboxylic acids is 2. The maximum atomic E-state index is 12.5. The van der Waals surface area contributed by atoms with Gasteiger partial charge in [0.2, 0.25) is 0 Å². The molecule has 3 amide bonds. The molecule has 3 aromatic rings. The number of aromatic amines is 1. The van der Waals surface area contributed by atoms with E-state index >= 15 is 0 Å². The molecule has 0 radical (unpaired) electrons. The van der Waals surface area contributed by atoms with Crippen LogP contribution in [0.2, 0.25) is 0 Å². The number of aromatic nitrogens is 1. The highest BCUT2D eigenvalue weighted by molar-refractivity contribution is 6.36. The predicted octanol–water partition coefficient (Wildman–Crippen LogP) is 4.54. The number of fused-ring (bicyclic) bond motifs is 1. The molecule has 134 valence electrons. The number of benzene rings is 2. The zero-order valence-electron chi connectivity index (χ0n) is 14.7. The van der Waals surface area contributed by atoms with Crippen LogP contribution in [-0.2, 0) is 4.79 Å². The average molecular weight is 358 g/mol. The van der Waals surface area contributed by atoms with E-state index in [2.05, 4.69) is 20.9 Å². The number of carbonyl (C=O) groups is 2. The van der Waals surface area contributed by atoms with Crippen LogP contribution in [0.1, 0.15) is 18.2 Å². The first-order valence-electron chi connectivity index (χ1n) is 8.55. The van der Waals surface area contributed by atoms with Gasteiger partial charge in [0.25, 0.3) is 5.91 Å². The van der Waals surface area contributed by atoms with Gasteiger partial charge in [-0.05, 0) is 55.0 Å². The van der Waals surface area contributed by atoms with Crippen LogP contribution in [0.4, 0.5) is 21.9 Å². The van der Waals surface area contributed by atoms with Gasteiger partial charge in [-0.3, -0.25) is 4.79 Å². The molecule has 4 rings (SSSR count). The minimum absolute atomic E-state index is 0.150. The number of amides is 3. The van der Waals surface area contributed by atoms with Crippen LogP contribution in [0.5, 0.6) is 0 Å². The molecule has 0 fully saturated rings. The van der Waals surface area contributed by atoms with Crippen LogP contribution in [0.15, 0.2) is 66.9 Å². The predicted molar refractivity (Wildman–Crippen MR) is 107 cm³/mol. The zero-order chi connectivity index (χ0) is 18.8. The summed E-state index contributed by atoms with van der Waals surface area (Å²) in [5.41, 5.74) is 5.14. The maximum Gasteiger partial charge on any atom is 0.323 e. The summed E-state index contributed by atoms with van der Waals surface area (Å²) in [5, 5.41) is 8.45. The summed E-state index contributed by atoms with van der Waals surface area (Å²) in [6, 6.07) is 18.0. The summed E-state index contributed by atoms with van der Waals surface area (Å²) in [6.45, 7) is 1.90. The lowest BCUT2D eigenvalue weighted by Crippen LogP contribution is -2.19. The van der Waals surface area contributed by atoms with Gasteiger partial charge in [-0.1, -0.05) is 18.2 Å². The van der Waals surface area contributed by atoms with Crippen LogP contribution < -0.4 is 16.0 Å². The minimum Gasteiger partial charge on any atom is -0.361 e. The van der Waals surface area contributed by atoms with Gasteiger partial charge < -0.3 is 20.9 Å². The van der Waals surface area contributed by atoms with Crippen molar-refractivity contribution in [1.29, 1.82) is 0 Å². The molecule has 27 heavy (non-hydrogen) atoms. The Balaban J connectivity index is 1.61. The Hall–Kier alpha value is -3.80. The van der Waals surface area contributed by atoms with Crippen molar-refractivity contribution in [2.75, 3.05) is 16.0 Å². The van der Waals surface area contributed by atoms with Crippen LogP contribution in [0.25, 0.3) is 11.1 Å². The third-order valence-corrected chi connectivity index (χ3v) is 4.43. The normalized spacial score (nSPS) is 14.3. The van der Waals surface area contributed by atoms with Gasteiger partial charge in [0.1, 0.15) is 0 Å². The second-order valence-electron chi connectivity index (χ2n) is 6.24. The molecule has 2 heterocycles. The maximum absolute atomic E-state index is 12.5. The second kappa shape index (κ2) is 6.84. The molecule has 2 aromatic carbocycles. The first-order valence-corrected chi connectivity index (χ1v) is 8.55. The van der Waals surface area contributed by atoms with Crippen LogP contribution in [0, 0.1) is 0 Å². The molecule has 0 bridgehead atoms. The Morgan fingerprint density at radius 2 is 1.70 bits per heavy atom. The summed E-state index contributed by atoms with van der Waals surface area (Å²) < 4.78 is 0. The molecule has 1 aliphatic heterocycles. The third-order valence-electron chi connectivity index (χ3n) is 4.43. The standard InChI is InChI=1S/C21H18N4O2/c1-13(17-8-5-11-22-17)19-16-12-15(9-10-18(16)25-20(19)26)24-21(27)23-14-6-3-2-4-7-14/h2-12,22H,1H3,(H,25,26)(H2,23,24,27). The smallest absolute Gasteiger partial charge is 0.323 e. The highest BCUT2D eigenvalue weighted by atomic mass is 16.2. The van der Waals surface area contributed by atoms with Gasteiger partial charge in [0.05, 0.1) is 5.57 Å². The van der Waals surface area contributed by atoms with Crippen molar-refractivity contribution in [3.63, 3.8) is 0 Å². The molecule has 6 nitrogen and oxygen atoms in total. The number of hydrogen-bond donors (Lipinski definition) is 4. The average Bonchev–Trinajstić information content (AvgIpc) is 3.29. The Labute approximate surface area is 156 Å². The summed E-state index contributed by atoms with van der Waals surface area (Å²) in [5.74, 6) is -0.150. The molecule has 0 atom stereocenters. The molecule has 6 heteroatoms. The van der Waals surface area contributed by atoms with Crippen molar-refractivity contribution in [2.45, 2.75) is 6.92 Å². The molecule has 1 aromatic heterocycles. The molecule has 1 aliphatic rings. The minimum atomic E-state index is -0.343. The van der Waals surface area contributed by atoms with Crippen molar-refractivity contribution < 1.29 is 9.59 Å². The Kier molecular flexibility index (Phi) is 4.22. The number of nitrogens with one attached hydrogen (secondary N) is 4. The van der Waals surface area contributed by atoms with Gasteiger partial charge in [0, 0.05) is 34.5 Å². The number of urea groups is 1. The Bertz CT molecular complexity index is 1040. The summed E-state index contributed by atoms with van der Waals surface area (Å²) >= 11 is 0. The van der Waals surface area contributed by atoms with Crippen molar-refractivity contribution in [3.05, 3.63) is 78.1 Å². The molecule has 4 N–H and O–H groups in total. The van der Waals surface area contributed by atoms with Crippen molar-refractivity contribution in [3.8, 4) is 0 Å². The van der Waals surface area contributed by atoms with Crippen LogP contribution >= 0.6 is 0 Å². The first-order chi connectivity index (χ1) is 13.1. The van der Waals surface area contributed by atoms with Crippen molar-refractivity contribution in [1.82, 2.24) is 4.98 Å². The highest BCUT2D eigenvalue weighted by Crippen LogP contribution is 2.38. The molecule has 0 spiro atoms. The topological polar surface area (TPSA) is 86.0 Å². The number of rotatable bonds is 3. The fraction of sp³-hybridized carbons (Fsp3) is 0.0476. The molecule has 0 saturated heterocycles. The third kappa shape index (κ3) is 3.32. The van der Waals surface area contributed by atoms with Gasteiger partial charge in [0.15, 0.2) is 0 Å². The van der Waals surface area contributed by atoms with E-state index in [1.807, 2.05) is 55.6 Å². The van der Waals surface area contributed by atoms with E-state index in [-0.39, 0.29) is 11.9 Å². The molecule has 0 unspecified atom stereocenters. The molecule has 0 saturated carbocycles. The first kappa shape index (κ1) is 16.7. The molecule has 0 aliphatic carbocycles. The lowest BCUT2D eigenvalue weighted by atomic mass is 9.99. The number of anilines is 3. The monoisotopic (exact) mass is 358 g/mol. The van der Waals surface area contributed by atoms with Crippen LogP contribution in [-0.4, -0.2) is 16.9 Å². The summed E-state index contributed by atoms with van der Waals surface area (Å²) in [6.07, 6.45) is 1.82. The second-order valence-corrected chi connectivity index (χ2v) is 6.24. The van der Waals surface area contributed by atoms with Crippen molar-refractivity contribution in [2.24, 2.45) is 0 Å². The van der Waals surface area contributed by atoms with E-state index in [1.54, 1.807) is 18.2 Å². The largest absolute Gasteiger partial charge is 0.361 e. The van der Waals surface area contributed by atoms with E-state index in [4.69, 9.17) is 0 Å².